The highest BCUT2D eigenvalue weighted by molar-refractivity contribution is 7.09. The average molecular weight is 464 g/mol. The Bertz CT molecular complexity index is 1130. The molecule has 0 radical (unpaired) electrons. The Balaban J connectivity index is 1.34. The summed E-state index contributed by atoms with van der Waals surface area (Å²) in [6.07, 6.45) is 0. The minimum atomic E-state index is -2.66. The zero-order valence-electron chi connectivity index (χ0n) is 18.0. The van der Waals surface area contributed by atoms with Crippen LogP contribution in [0.1, 0.15) is 24.4 Å². The number of hydrogen-bond acceptors (Lipinski definition) is 9. The zero-order chi connectivity index (χ0) is 22.5. The van der Waals surface area contributed by atoms with E-state index in [0.717, 1.165) is 41.0 Å². The topological polar surface area (TPSA) is 81.4 Å². The van der Waals surface area contributed by atoms with E-state index in [4.69, 9.17) is 9.47 Å². The van der Waals surface area contributed by atoms with Crippen LogP contribution in [0.3, 0.4) is 0 Å². The van der Waals surface area contributed by atoms with Gasteiger partial charge in [-0.1, -0.05) is 6.07 Å². The van der Waals surface area contributed by atoms with E-state index in [9.17, 15) is 8.78 Å². The molecule has 9 nitrogen and oxygen atoms in total. The first-order valence-electron chi connectivity index (χ1n) is 10.2. The number of benzene rings is 1. The maximum atomic E-state index is 13.2. The lowest BCUT2D eigenvalue weighted by molar-refractivity contribution is -0.0270. The van der Waals surface area contributed by atoms with Crippen molar-refractivity contribution in [3.8, 4) is 22.3 Å². The Morgan fingerprint density at radius 2 is 1.97 bits per heavy atom. The highest BCUT2D eigenvalue weighted by Crippen LogP contribution is 2.35. The fourth-order valence-electron chi connectivity index (χ4n) is 4.09. The van der Waals surface area contributed by atoms with Gasteiger partial charge >= 0.3 is 0 Å². The molecule has 1 fully saturated rings. The van der Waals surface area contributed by atoms with Crippen molar-refractivity contribution >= 4 is 17.5 Å². The lowest BCUT2D eigenvalue weighted by Gasteiger charge is -2.37. The fraction of sp³-hybridized carbons (Fsp3) is 0.500. The molecule has 2 aliphatic heterocycles. The summed E-state index contributed by atoms with van der Waals surface area (Å²) in [4.78, 5) is 8.22. The molecule has 32 heavy (non-hydrogen) atoms. The number of methoxy groups -OCH3 is 2. The molecule has 0 amide bonds. The second-order valence-electron chi connectivity index (χ2n) is 7.97. The van der Waals surface area contributed by atoms with Gasteiger partial charge in [0, 0.05) is 31.3 Å². The minimum absolute atomic E-state index is 0.0262. The number of aromatic nitrogens is 5. The van der Waals surface area contributed by atoms with Crippen molar-refractivity contribution in [3.05, 3.63) is 29.6 Å². The molecular weight excluding hydrogens is 440 g/mol. The first-order chi connectivity index (χ1) is 15.4. The third-order valence-electron chi connectivity index (χ3n) is 5.91. The molecule has 1 saturated heterocycles. The van der Waals surface area contributed by atoms with Crippen molar-refractivity contribution in [1.29, 1.82) is 0 Å². The maximum absolute atomic E-state index is 13.2. The van der Waals surface area contributed by atoms with E-state index in [-0.39, 0.29) is 19.1 Å². The monoisotopic (exact) mass is 463 g/mol. The third kappa shape index (κ3) is 3.66. The van der Waals surface area contributed by atoms with E-state index in [1.54, 1.807) is 14.2 Å². The number of hydrogen-bond donors (Lipinski definition) is 0. The average Bonchev–Trinajstić information content (AvgIpc) is 3.41. The summed E-state index contributed by atoms with van der Waals surface area (Å²) in [5.41, 5.74) is 1.06. The summed E-state index contributed by atoms with van der Waals surface area (Å²) < 4.78 is 43.4. The molecule has 3 aromatic rings. The SMILES string of the molecule is COc1ccc(CN2CCn3c(-c4nc(N5CC(F)(F)C5)ns4)nnc3C2C)c(OC)c1. The molecule has 12 heteroatoms. The predicted molar refractivity (Wildman–Crippen MR) is 114 cm³/mol. The van der Waals surface area contributed by atoms with Gasteiger partial charge in [0.15, 0.2) is 16.7 Å². The van der Waals surface area contributed by atoms with Gasteiger partial charge in [-0.25, -0.2) is 8.78 Å². The van der Waals surface area contributed by atoms with Crippen LogP contribution in [0.5, 0.6) is 11.5 Å². The van der Waals surface area contributed by atoms with Crippen LogP contribution in [0.4, 0.5) is 14.7 Å². The summed E-state index contributed by atoms with van der Waals surface area (Å²) in [5.74, 6) is 0.661. The first-order valence-corrected chi connectivity index (χ1v) is 11.0. The van der Waals surface area contributed by atoms with Crippen LogP contribution in [-0.2, 0) is 13.1 Å². The quantitative estimate of drug-likeness (QED) is 0.552. The van der Waals surface area contributed by atoms with Gasteiger partial charge in [-0.05, 0) is 24.5 Å². The van der Waals surface area contributed by atoms with Crippen LogP contribution < -0.4 is 14.4 Å². The molecule has 0 aliphatic carbocycles. The largest absolute Gasteiger partial charge is 0.497 e. The second-order valence-corrected chi connectivity index (χ2v) is 8.72. The van der Waals surface area contributed by atoms with Crippen LogP contribution in [0.15, 0.2) is 18.2 Å². The Kier molecular flexibility index (Phi) is 5.20. The number of ether oxygens (including phenoxy) is 2. The molecule has 0 spiro atoms. The number of anilines is 1. The van der Waals surface area contributed by atoms with Gasteiger partial charge in [0.05, 0.1) is 33.4 Å². The third-order valence-corrected chi connectivity index (χ3v) is 6.61. The van der Waals surface area contributed by atoms with Gasteiger partial charge in [-0.15, -0.1) is 10.2 Å². The summed E-state index contributed by atoms with van der Waals surface area (Å²) in [7, 11) is 3.28. The second kappa shape index (κ2) is 7.93. The van der Waals surface area contributed by atoms with Gasteiger partial charge in [-0.3, -0.25) is 4.90 Å². The van der Waals surface area contributed by atoms with Crippen molar-refractivity contribution in [2.45, 2.75) is 32.0 Å². The van der Waals surface area contributed by atoms with E-state index < -0.39 is 5.92 Å². The summed E-state index contributed by atoms with van der Waals surface area (Å²) >= 11 is 1.16. The molecule has 0 saturated carbocycles. The van der Waals surface area contributed by atoms with E-state index in [2.05, 4.69) is 31.4 Å². The van der Waals surface area contributed by atoms with Crippen LogP contribution in [0.25, 0.3) is 10.8 Å². The number of halogens is 2. The molecule has 170 valence electrons. The molecule has 1 aromatic carbocycles. The lowest BCUT2D eigenvalue weighted by atomic mass is 10.1. The first kappa shape index (κ1) is 21.0. The Hall–Kier alpha value is -2.86. The van der Waals surface area contributed by atoms with Crippen molar-refractivity contribution in [1.82, 2.24) is 29.0 Å². The van der Waals surface area contributed by atoms with Crippen LogP contribution in [0, 0.1) is 0 Å². The van der Waals surface area contributed by atoms with Crippen molar-refractivity contribution in [3.63, 3.8) is 0 Å². The Morgan fingerprint density at radius 3 is 2.69 bits per heavy atom. The Morgan fingerprint density at radius 1 is 1.16 bits per heavy atom. The highest BCUT2D eigenvalue weighted by atomic mass is 32.1. The molecule has 2 aliphatic rings. The minimum Gasteiger partial charge on any atom is -0.497 e. The molecule has 4 heterocycles. The van der Waals surface area contributed by atoms with Crippen LogP contribution in [0.2, 0.25) is 0 Å². The molecule has 1 atom stereocenters. The van der Waals surface area contributed by atoms with Gasteiger partial charge in [0.1, 0.15) is 11.5 Å². The van der Waals surface area contributed by atoms with Gasteiger partial charge in [0.25, 0.3) is 5.92 Å². The summed E-state index contributed by atoms with van der Waals surface area (Å²) in [5, 5.41) is 9.35. The fourth-order valence-corrected chi connectivity index (χ4v) is 4.77. The number of fused-ring (bicyclic) bond motifs is 1. The molecule has 2 aromatic heterocycles. The molecule has 0 bridgehead atoms. The standard InChI is InChI=1S/C20H23F2N7O2S/c1-12-16-24-25-17(18-23-19(26-32-18)28-10-20(21,22)11-28)29(16)7-6-27(12)9-13-4-5-14(30-2)8-15(13)31-3/h4-5,8,12H,6-7,9-11H2,1-3H3. The number of alkyl halides is 2. The van der Waals surface area contributed by atoms with Crippen molar-refractivity contribution < 1.29 is 18.3 Å². The summed E-state index contributed by atoms with van der Waals surface area (Å²) in [6, 6.07) is 5.84. The van der Waals surface area contributed by atoms with Crippen LogP contribution in [-0.4, -0.2) is 68.8 Å². The molecule has 0 N–H and O–H groups in total. The predicted octanol–water partition coefficient (Wildman–Crippen LogP) is 2.85. The van der Waals surface area contributed by atoms with E-state index >= 15 is 0 Å². The highest BCUT2D eigenvalue weighted by Gasteiger charge is 2.45. The van der Waals surface area contributed by atoms with Gasteiger partial charge in [0.2, 0.25) is 5.95 Å². The molecule has 5 rings (SSSR count). The van der Waals surface area contributed by atoms with E-state index in [0.29, 0.717) is 29.9 Å². The van der Waals surface area contributed by atoms with Crippen molar-refractivity contribution in [2.75, 3.05) is 38.8 Å². The number of nitrogens with zero attached hydrogens (tertiary/aromatic N) is 7. The van der Waals surface area contributed by atoms with Gasteiger partial charge < -0.3 is 18.9 Å². The van der Waals surface area contributed by atoms with Crippen LogP contribution >= 0.6 is 11.5 Å². The molecular formula is C20H23F2N7O2S. The normalized spacial score (nSPS) is 20.0. The Labute approximate surface area is 187 Å². The number of rotatable bonds is 6. The van der Waals surface area contributed by atoms with Gasteiger partial charge in [-0.2, -0.15) is 9.36 Å². The maximum Gasteiger partial charge on any atom is 0.282 e. The lowest BCUT2D eigenvalue weighted by Crippen LogP contribution is -2.56. The van der Waals surface area contributed by atoms with E-state index in [1.807, 2.05) is 22.8 Å². The molecule has 1 unspecified atom stereocenters. The van der Waals surface area contributed by atoms with Crippen molar-refractivity contribution in [2.24, 2.45) is 0 Å². The van der Waals surface area contributed by atoms with E-state index in [1.165, 1.54) is 4.90 Å². The zero-order valence-corrected chi connectivity index (χ0v) is 18.8. The summed E-state index contributed by atoms with van der Waals surface area (Å²) in [6.45, 7) is 3.58. The smallest absolute Gasteiger partial charge is 0.282 e.